The van der Waals surface area contributed by atoms with Crippen LogP contribution in [-0.2, 0) is 23.7 Å². The van der Waals surface area contributed by atoms with E-state index in [1.807, 2.05) is 13.8 Å². The molecular formula is C41H70O14. The standard InChI is InChI=1S/C41H70O14/c1-36(2)24-10-14-39(6)25(15-20(43)27-19(9-13-40(27,39)7)41(8)16-21(44)33(50)37(3,4)55-41)38(24,5)12-11-26(36)53-35-32(28(46)22(45)18-51-35)54-34-31(49)30(48)29(47)23(17-42)52-34/h19-35,42-50H,9-18H2,1-8H3/t19-,20+,21-,22+,23+,24-,25+,26-,27-,28-,29+,30-,31+,32+,33+,34-,35-,38-,39+,40+,41-/m0/s1. The first-order valence-electron chi connectivity index (χ1n) is 20.8. The van der Waals surface area contributed by atoms with Crippen LogP contribution in [0.2, 0.25) is 0 Å². The molecule has 0 bridgehead atoms. The highest BCUT2D eigenvalue weighted by Gasteiger charge is 2.72. The lowest BCUT2D eigenvalue weighted by Gasteiger charge is -2.71. The van der Waals surface area contributed by atoms with E-state index in [0.29, 0.717) is 19.3 Å². The van der Waals surface area contributed by atoms with E-state index < -0.39 is 91.4 Å². The van der Waals surface area contributed by atoms with E-state index in [0.717, 1.165) is 32.1 Å². The second kappa shape index (κ2) is 14.3. The highest BCUT2D eigenvalue weighted by molar-refractivity contribution is 5.21. The van der Waals surface area contributed by atoms with Gasteiger partial charge in [0.15, 0.2) is 12.6 Å². The Kier molecular flexibility index (Phi) is 11.1. The van der Waals surface area contributed by atoms with Gasteiger partial charge in [-0.15, -0.1) is 0 Å². The molecule has 3 heterocycles. The zero-order chi connectivity index (χ0) is 40.4. The average molecular weight is 787 g/mol. The van der Waals surface area contributed by atoms with Gasteiger partial charge in [0, 0.05) is 6.42 Å². The van der Waals surface area contributed by atoms with Gasteiger partial charge in [0.2, 0.25) is 0 Å². The van der Waals surface area contributed by atoms with Gasteiger partial charge >= 0.3 is 0 Å². The molecule has 21 atom stereocenters. The summed E-state index contributed by atoms with van der Waals surface area (Å²) in [4.78, 5) is 0. The van der Waals surface area contributed by atoms with Crippen LogP contribution in [0.3, 0.4) is 0 Å². The Balaban J connectivity index is 1.10. The predicted octanol–water partition coefficient (Wildman–Crippen LogP) is 0.970. The van der Waals surface area contributed by atoms with E-state index in [4.69, 9.17) is 23.7 Å². The molecule has 0 aromatic heterocycles. The molecule has 0 aromatic carbocycles. The Morgan fingerprint density at radius 2 is 1.33 bits per heavy atom. The molecule has 3 aliphatic heterocycles. The Bertz CT molecular complexity index is 1400. The number of fused-ring (bicyclic) bond motifs is 5. The van der Waals surface area contributed by atoms with Crippen molar-refractivity contribution in [2.75, 3.05) is 13.2 Å². The second-order valence-electron chi connectivity index (χ2n) is 20.7. The smallest absolute Gasteiger partial charge is 0.187 e. The largest absolute Gasteiger partial charge is 0.394 e. The molecule has 0 unspecified atom stereocenters. The summed E-state index contributed by atoms with van der Waals surface area (Å²) >= 11 is 0. The van der Waals surface area contributed by atoms with E-state index in [1.54, 1.807) is 0 Å². The topological polar surface area (TPSA) is 228 Å². The molecule has 0 aromatic rings. The molecule has 55 heavy (non-hydrogen) atoms. The van der Waals surface area contributed by atoms with Gasteiger partial charge in [0.25, 0.3) is 0 Å². The minimum atomic E-state index is -1.71. The summed E-state index contributed by atoms with van der Waals surface area (Å²) < 4.78 is 30.9. The lowest BCUT2D eigenvalue weighted by Crippen LogP contribution is -2.68. The van der Waals surface area contributed by atoms with Gasteiger partial charge in [0.05, 0.1) is 42.7 Å². The number of aliphatic hydroxyl groups is 9. The fourth-order valence-corrected chi connectivity index (χ4v) is 14.1. The van der Waals surface area contributed by atoms with Crippen LogP contribution < -0.4 is 0 Å². The van der Waals surface area contributed by atoms with E-state index in [2.05, 4.69) is 41.5 Å². The molecule has 4 aliphatic carbocycles. The number of hydrogen-bond acceptors (Lipinski definition) is 14. The summed E-state index contributed by atoms with van der Waals surface area (Å²) in [6, 6.07) is 0. The predicted molar refractivity (Wildman–Crippen MR) is 196 cm³/mol. The van der Waals surface area contributed by atoms with Crippen molar-refractivity contribution in [3.63, 3.8) is 0 Å². The Labute approximate surface area is 325 Å². The van der Waals surface area contributed by atoms with Crippen molar-refractivity contribution in [1.29, 1.82) is 0 Å². The normalized spacial score (nSPS) is 57.7. The zero-order valence-electron chi connectivity index (χ0n) is 34.0. The molecule has 0 amide bonds. The molecule has 7 rings (SSSR count). The fourth-order valence-electron chi connectivity index (χ4n) is 14.1. The molecule has 14 heteroatoms. The molecule has 9 N–H and O–H groups in total. The molecule has 0 radical (unpaired) electrons. The SMILES string of the molecule is CC1(C)O[C@](C)([C@H]2CC[C@]3(C)[C@@H]2[C@H](O)C[C@@H]2[C@@]4(C)CC[C@H](O[C@@H]5OC[C@@H](O)[C@H](O)[C@H]5O[C@@H]5O[C@H](CO)[C@@H](O)[C@H](O)[C@H]5O)C(C)(C)[C@@H]4CC[C@]23C)C[C@H](O)[C@H]1O. The summed E-state index contributed by atoms with van der Waals surface area (Å²) in [5, 5.41) is 96.7. The van der Waals surface area contributed by atoms with Crippen LogP contribution in [0.15, 0.2) is 0 Å². The maximum Gasteiger partial charge on any atom is 0.187 e. The lowest BCUT2D eigenvalue weighted by molar-refractivity contribution is -0.367. The summed E-state index contributed by atoms with van der Waals surface area (Å²) in [7, 11) is 0. The molecule has 7 fully saturated rings. The van der Waals surface area contributed by atoms with E-state index >= 15 is 0 Å². The third-order valence-corrected chi connectivity index (χ3v) is 17.2. The van der Waals surface area contributed by atoms with Gasteiger partial charge in [-0.05, 0) is 111 Å². The quantitative estimate of drug-likeness (QED) is 0.171. The van der Waals surface area contributed by atoms with Crippen molar-refractivity contribution in [3.05, 3.63) is 0 Å². The van der Waals surface area contributed by atoms with Crippen molar-refractivity contribution in [1.82, 2.24) is 0 Å². The fraction of sp³-hybridized carbons (Fsp3) is 1.00. The molecule has 3 saturated heterocycles. The minimum Gasteiger partial charge on any atom is -0.394 e. The summed E-state index contributed by atoms with van der Waals surface area (Å²) in [6.45, 7) is 16.5. The van der Waals surface area contributed by atoms with Crippen molar-refractivity contribution >= 4 is 0 Å². The second-order valence-corrected chi connectivity index (χ2v) is 20.7. The van der Waals surface area contributed by atoms with Crippen LogP contribution in [0.1, 0.15) is 107 Å². The van der Waals surface area contributed by atoms with Crippen LogP contribution in [-0.4, -0.2) is 150 Å². The highest BCUT2D eigenvalue weighted by atomic mass is 16.8. The van der Waals surface area contributed by atoms with E-state index in [-0.39, 0.29) is 58.0 Å². The first kappa shape index (κ1) is 42.6. The van der Waals surface area contributed by atoms with Crippen molar-refractivity contribution in [2.24, 2.45) is 45.3 Å². The van der Waals surface area contributed by atoms with Crippen LogP contribution in [0.5, 0.6) is 0 Å². The van der Waals surface area contributed by atoms with E-state index in [1.165, 1.54) is 0 Å². The monoisotopic (exact) mass is 786 g/mol. The minimum absolute atomic E-state index is 0.0179. The van der Waals surface area contributed by atoms with Gasteiger partial charge < -0.3 is 69.6 Å². The Morgan fingerprint density at radius 3 is 1.98 bits per heavy atom. The Hall–Kier alpha value is -0.560. The number of ether oxygens (including phenoxy) is 5. The van der Waals surface area contributed by atoms with Crippen molar-refractivity contribution in [2.45, 2.75) is 198 Å². The molecular weight excluding hydrogens is 716 g/mol. The molecule has 4 saturated carbocycles. The average Bonchev–Trinajstić information content (AvgIpc) is 3.49. The van der Waals surface area contributed by atoms with Gasteiger partial charge in [0.1, 0.15) is 48.8 Å². The van der Waals surface area contributed by atoms with E-state index in [9.17, 15) is 46.0 Å². The number of hydrogen-bond donors (Lipinski definition) is 9. The van der Waals surface area contributed by atoms with Crippen LogP contribution in [0, 0.1) is 45.3 Å². The van der Waals surface area contributed by atoms with Gasteiger partial charge in [-0.1, -0.05) is 34.6 Å². The summed E-state index contributed by atoms with van der Waals surface area (Å²) in [5.74, 6) is 0.445. The molecule has 0 spiro atoms. The molecule has 7 aliphatic rings. The van der Waals surface area contributed by atoms with Gasteiger partial charge in [-0.25, -0.2) is 0 Å². The third kappa shape index (κ3) is 6.42. The van der Waals surface area contributed by atoms with Gasteiger partial charge in [-0.3, -0.25) is 0 Å². The third-order valence-electron chi connectivity index (χ3n) is 17.2. The summed E-state index contributed by atoms with van der Waals surface area (Å²) in [5.41, 5.74) is -2.38. The zero-order valence-corrected chi connectivity index (χ0v) is 34.0. The summed E-state index contributed by atoms with van der Waals surface area (Å²) in [6.07, 6.45) is -9.58. The van der Waals surface area contributed by atoms with Crippen LogP contribution in [0.4, 0.5) is 0 Å². The highest BCUT2D eigenvalue weighted by Crippen LogP contribution is 2.76. The molecule has 318 valence electrons. The Morgan fingerprint density at radius 1 is 0.655 bits per heavy atom. The van der Waals surface area contributed by atoms with Crippen molar-refractivity contribution in [3.8, 4) is 0 Å². The van der Waals surface area contributed by atoms with Crippen LogP contribution in [0.25, 0.3) is 0 Å². The van der Waals surface area contributed by atoms with Gasteiger partial charge in [-0.2, -0.15) is 0 Å². The van der Waals surface area contributed by atoms with Crippen LogP contribution >= 0.6 is 0 Å². The maximum atomic E-state index is 12.3. The first-order chi connectivity index (χ1) is 25.5. The number of aliphatic hydroxyl groups excluding tert-OH is 9. The van der Waals surface area contributed by atoms with Crippen molar-refractivity contribution < 1.29 is 69.6 Å². The lowest BCUT2D eigenvalue weighted by atomic mass is 9.35. The number of rotatable bonds is 6. The molecule has 14 nitrogen and oxygen atoms in total. The first-order valence-corrected chi connectivity index (χ1v) is 20.8. The maximum absolute atomic E-state index is 12.3.